The van der Waals surface area contributed by atoms with Gasteiger partial charge in [0, 0.05) is 32.4 Å². The first-order valence-corrected chi connectivity index (χ1v) is 10.9. The largest absolute Gasteiger partial charge is 0.489 e. The molecule has 2 aromatic rings. The Morgan fingerprint density at radius 3 is 2.50 bits per heavy atom. The average molecular weight is 406 g/mol. The Morgan fingerprint density at radius 1 is 1.03 bits per heavy atom. The van der Waals surface area contributed by atoms with Crippen LogP contribution in [0.25, 0.3) is 0 Å². The van der Waals surface area contributed by atoms with E-state index in [0.29, 0.717) is 25.0 Å². The molecule has 5 nitrogen and oxygen atoms in total. The second kappa shape index (κ2) is 9.90. The second-order valence-corrected chi connectivity index (χ2v) is 8.46. The highest BCUT2D eigenvalue weighted by Gasteiger charge is 2.35. The summed E-state index contributed by atoms with van der Waals surface area (Å²) in [7, 11) is 2.10. The van der Waals surface area contributed by atoms with Gasteiger partial charge < -0.3 is 14.5 Å². The summed E-state index contributed by atoms with van der Waals surface area (Å²) in [5, 5.41) is 0. The maximum absolute atomic E-state index is 12.2. The van der Waals surface area contributed by atoms with E-state index in [1.54, 1.807) is 0 Å². The first kappa shape index (κ1) is 20.6. The van der Waals surface area contributed by atoms with Gasteiger partial charge in [-0.1, -0.05) is 42.5 Å². The third-order valence-electron chi connectivity index (χ3n) is 6.03. The van der Waals surface area contributed by atoms with E-state index in [9.17, 15) is 4.79 Å². The number of likely N-dealkylation sites (N-methyl/N-ethyl adjacent to an activating group) is 1. The fraction of sp³-hybridized carbons (Fsp3) is 0.440. The van der Waals surface area contributed by atoms with Crippen LogP contribution in [-0.4, -0.2) is 61.7 Å². The SMILES string of the molecule is CN1CCN(C(=O)CN=CC2C[C@@H]2Cc2ccc(OCc3ccccc3)cc2)CC1. The maximum Gasteiger partial charge on any atom is 0.244 e. The van der Waals surface area contributed by atoms with Crippen LogP contribution >= 0.6 is 0 Å². The molecule has 4 rings (SSSR count). The van der Waals surface area contributed by atoms with Crippen molar-refractivity contribution in [2.75, 3.05) is 39.8 Å². The van der Waals surface area contributed by atoms with Crippen molar-refractivity contribution >= 4 is 12.1 Å². The molecule has 1 amide bonds. The Labute approximate surface area is 179 Å². The van der Waals surface area contributed by atoms with Crippen molar-refractivity contribution < 1.29 is 9.53 Å². The molecule has 2 fully saturated rings. The molecular weight excluding hydrogens is 374 g/mol. The van der Waals surface area contributed by atoms with E-state index in [1.807, 2.05) is 29.3 Å². The molecule has 1 aliphatic heterocycles. The molecule has 30 heavy (non-hydrogen) atoms. The molecule has 158 valence electrons. The second-order valence-electron chi connectivity index (χ2n) is 8.46. The molecule has 2 atom stereocenters. The number of carbonyl (C=O) groups is 1. The molecule has 0 radical (unpaired) electrons. The molecule has 1 unspecified atom stereocenters. The highest BCUT2D eigenvalue weighted by atomic mass is 16.5. The van der Waals surface area contributed by atoms with Crippen LogP contribution in [0.15, 0.2) is 59.6 Å². The molecule has 2 aromatic carbocycles. The number of piperazine rings is 1. The number of carbonyl (C=O) groups excluding carboxylic acids is 1. The molecule has 5 heteroatoms. The third kappa shape index (κ3) is 5.92. The average Bonchev–Trinajstić information content (AvgIpc) is 3.52. The zero-order chi connectivity index (χ0) is 20.8. The summed E-state index contributed by atoms with van der Waals surface area (Å²) in [6.45, 7) is 4.44. The minimum absolute atomic E-state index is 0.155. The van der Waals surface area contributed by atoms with E-state index in [1.165, 1.54) is 17.5 Å². The molecule has 1 saturated heterocycles. The molecule has 0 aromatic heterocycles. The summed E-state index contributed by atoms with van der Waals surface area (Å²) in [5.41, 5.74) is 2.50. The van der Waals surface area contributed by atoms with Gasteiger partial charge in [-0.05, 0) is 55.0 Å². The van der Waals surface area contributed by atoms with Crippen LogP contribution in [0.5, 0.6) is 5.75 Å². The number of amides is 1. The van der Waals surface area contributed by atoms with Gasteiger partial charge in [-0.25, -0.2) is 0 Å². The monoisotopic (exact) mass is 405 g/mol. The normalized spacial score (nSPS) is 21.7. The fourth-order valence-corrected chi connectivity index (χ4v) is 3.88. The lowest BCUT2D eigenvalue weighted by atomic mass is 10.1. The maximum atomic E-state index is 12.2. The van der Waals surface area contributed by atoms with Crippen molar-refractivity contribution in [2.24, 2.45) is 16.8 Å². The van der Waals surface area contributed by atoms with Gasteiger partial charge in [0.05, 0.1) is 0 Å². The number of nitrogens with zero attached hydrogens (tertiary/aromatic N) is 3. The Balaban J connectivity index is 1.16. The summed E-state index contributed by atoms with van der Waals surface area (Å²) in [4.78, 5) is 20.9. The number of hydrogen-bond acceptors (Lipinski definition) is 4. The number of benzene rings is 2. The molecule has 1 saturated carbocycles. The van der Waals surface area contributed by atoms with Crippen LogP contribution in [0.2, 0.25) is 0 Å². The van der Waals surface area contributed by atoms with Gasteiger partial charge in [-0.2, -0.15) is 0 Å². The van der Waals surface area contributed by atoms with Crippen molar-refractivity contribution in [1.82, 2.24) is 9.80 Å². The van der Waals surface area contributed by atoms with Gasteiger partial charge >= 0.3 is 0 Å². The van der Waals surface area contributed by atoms with Gasteiger partial charge in [0.15, 0.2) is 0 Å². The lowest BCUT2D eigenvalue weighted by Gasteiger charge is -2.32. The van der Waals surface area contributed by atoms with Crippen molar-refractivity contribution in [3.8, 4) is 5.75 Å². The van der Waals surface area contributed by atoms with Crippen LogP contribution in [0.4, 0.5) is 0 Å². The van der Waals surface area contributed by atoms with Crippen molar-refractivity contribution in [1.29, 1.82) is 0 Å². The zero-order valence-corrected chi connectivity index (χ0v) is 17.7. The molecule has 2 aliphatic rings. The van der Waals surface area contributed by atoms with Crippen LogP contribution < -0.4 is 4.74 Å². The minimum atomic E-state index is 0.155. The fourth-order valence-electron chi connectivity index (χ4n) is 3.88. The third-order valence-corrected chi connectivity index (χ3v) is 6.03. The smallest absolute Gasteiger partial charge is 0.244 e. The Hall–Kier alpha value is -2.66. The lowest BCUT2D eigenvalue weighted by Crippen LogP contribution is -2.47. The van der Waals surface area contributed by atoms with Crippen molar-refractivity contribution in [3.63, 3.8) is 0 Å². The highest BCUT2D eigenvalue weighted by Crippen LogP contribution is 2.39. The molecule has 1 heterocycles. The van der Waals surface area contributed by atoms with E-state index in [0.717, 1.165) is 38.3 Å². The van der Waals surface area contributed by atoms with Crippen molar-refractivity contribution in [3.05, 3.63) is 65.7 Å². The first-order valence-electron chi connectivity index (χ1n) is 10.9. The van der Waals surface area contributed by atoms with Gasteiger partial charge in [0.25, 0.3) is 0 Å². The van der Waals surface area contributed by atoms with E-state index in [4.69, 9.17) is 4.74 Å². The van der Waals surface area contributed by atoms with Crippen LogP contribution in [-0.2, 0) is 17.8 Å². The molecule has 0 spiro atoms. The minimum Gasteiger partial charge on any atom is -0.489 e. The number of hydrogen-bond donors (Lipinski definition) is 0. The van der Waals surface area contributed by atoms with E-state index in [-0.39, 0.29) is 5.91 Å². The molecular formula is C25H31N3O2. The topological polar surface area (TPSA) is 45.1 Å². The quantitative estimate of drug-likeness (QED) is 0.633. The number of aliphatic imine (C=N–C) groups is 1. The Kier molecular flexibility index (Phi) is 6.80. The van der Waals surface area contributed by atoms with Gasteiger partial charge in [0.2, 0.25) is 5.91 Å². The number of ether oxygens (including phenoxy) is 1. The molecule has 0 N–H and O–H groups in total. The summed E-state index contributed by atoms with van der Waals surface area (Å²) < 4.78 is 5.86. The Bertz CT molecular complexity index is 842. The van der Waals surface area contributed by atoms with E-state index < -0.39 is 0 Å². The summed E-state index contributed by atoms with van der Waals surface area (Å²) in [6.07, 6.45) is 4.23. The lowest BCUT2D eigenvalue weighted by molar-refractivity contribution is -0.131. The first-order chi connectivity index (χ1) is 14.7. The van der Waals surface area contributed by atoms with Crippen LogP contribution in [0.1, 0.15) is 17.5 Å². The highest BCUT2D eigenvalue weighted by molar-refractivity contribution is 5.80. The van der Waals surface area contributed by atoms with Crippen LogP contribution in [0, 0.1) is 11.8 Å². The molecule has 0 bridgehead atoms. The predicted octanol–water partition coefficient (Wildman–Crippen LogP) is 3.29. The van der Waals surface area contributed by atoms with E-state index >= 15 is 0 Å². The number of rotatable bonds is 8. The summed E-state index contributed by atoms with van der Waals surface area (Å²) >= 11 is 0. The van der Waals surface area contributed by atoms with Gasteiger partial charge in [0.1, 0.15) is 18.9 Å². The summed E-state index contributed by atoms with van der Waals surface area (Å²) in [6, 6.07) is 18.6. The summed E-state index contributed by atoms with van der Waals surface area (Å²) in [5.74, 6) is 2.21. The van der Waals surface area contributed by atoms with E-state index in [2.05, 4.69) is 53.3 Å². The van der Waals surface area contributed by atoms with Crippen molar-refractivity contribution in [2.45, 2.75) is 19.4 Å². The zero-order valence-electron chi connectivity index (χ0n) is 17.7. The standard InChI is InChI=1S/C25H31N3O2/c1-27-11-13-28(14-12-27)25(29)18-26-17-23-16-22(23)15-20-7-9-24(10-8-20)30-19-21-5-3-2-4-6-21/h2-10,17,22-23H,11-16,18-19H2,1H3/t22-,23?/m0/s1. The molecule has 1 aliphatic carbocycles. The predicted molar refractivity (Wildman–Crippen MR) is 120 cm³/mol. The van der Waals surface area contributed by atoms with Gasteiger partial charge in [-0.15, -0.1) is 0 Å². The van der Waals surface area contributed by atoms with Crippen LogP contribution in [0.3, 0.4) is 0 Å². The van der Waals surface area contributed by atoms with Gasteiger partial charge in [-0.3, -0.25) is 9.79 Å². The Morgan fingerprint density at radius 2 is 1.77 bits per heavy atom.